The van der Waals surface area contributed by atoms with Crippen molar-refractivity contribution >= 4 is 39.1 Å². The van der Waals surface area contributed by atoms with Crippen molar-refractivity contribution in [3.8, 4) is 5.75 Å². The molecule has 6 nitrogen and oxygen atoms in total. The zero-order valence-corrected chi connectivity index (χ0v) is 16.1. The van der Waals surface area contributed by atoms with Crippen molar-refractivity contribution in [2.24, 2.45) is 0 Å². The van der Waals surface area contributed by atoms with E-state index < -0.39 is 6.10 Å². The Labute approximate surface area is 164 Å². The van der Waals surface area contributed by atoms with Crippen LogP contribution in [-0.2, 0) is 0 Å². The molecule has 1 heterocycles. The van der Waals surface area contributed by atoms with Gasteiger partial charge in [-0.3, -0.25) is 0 Å². The number of hydrogen-bond donors (Lipinski definition) is 3. The fraction of sp³-hybridized carbons (Fsp3) is 0.158. The molecule has 0 fully saturated rings. The van der Waals surface area contributed by atoms with Crippen LogP contribution in [0.25, 0.3) is 0 Å². The van der Waals surface area contributed by atoms with Crippen molar-refractivity contribution in [1.82, 2.24) is 9.97 Å². The van der Waals surface area contributed by atoms with Crippen LogP contribution in [-0.4, -0.2) is 27.8 Å². The summed E-state index contributed by atoms with van der Waals surface area (Å²) in [4.78, 5) is 8.67. The molecule has 1 aromatic heterocycles. The van der Waals surface area contributed by atoms with Crippen molar-refractivity contribution in [3.05, 3.63) is 65.0 Å². The number of aromatic nitrogens is 2. The van der Waals surface area contributed by atoms with Crippen molar-refractivity contribution in [3.63, 3.8) is 0 Å². The molecule has 0 aliphatic rings. The SMILES string of the molecule is CC(O)COc1ccc(Nc2ncc(Br)c(Nc3ccc(F)cc3)n2)cc1. The van der Waals surface area contributed by atoms with Crippen LogP contribution in [0.5, 0.6) is 5.75 Å². The summed E-state index contributed by atoms with van der Waals surface area (Å²) in [5.74, 6) is 1.32. The Morgan fingerprint density at radius 1 is 1.07 bits per heavy atom. The van der Waals surface area contributed by atoms with Crippen LogP contribution in [0.3, 0.4) is 0 Å². The highest BCUT2D eigenvalue weighted by Gasteiger charge is 2.07. The first-order valence-electron chi connectivity index (χ1n) is 8.22. The predicted octanol–water partition coefficient (Wildman–Crippen LogP) is 4.63. The van der Waals surface area contributed by atoms with Gasteiger partial charge in [-0.15, -0.1) is 0 Å². The number of aliphatic hydroxyl groups excluding tert-OH is 1. The Morgan fingerprint density at radius 3 is 2.37 bits per heavy atom. The summed E-state index contributed by atoms with van der Waals surface area (Å²) >= 11 is 3.40. The Morgan fingerprint density at radius 2 is 1.70 bits per heavy atom. The third kappa shape index (κ3) is 5.63. The topological polar surface area (TPSA) is 79.3 Å². The number of hydrogen-bond acceptors (Lipinski definition) is 6. The van der Waals surface area contributed by atoms with Crippen LogP contribution in [0.2, 0.25) is 0 Å². The minimum Gasteiger partial charge on any atom is -0.491 e. The van der Waals surface area contributed by atoms with Crippen LogP contribution < -0.4 is 15.4 Å². The summed E-state index contributed by atoms with van der Waals surface area (Å²) in [5.41, 5.74) is 1.50. The maximum atomic E-state index is 13.0. The third-order valence-electron chi connectivity index (χ3n) is 3.45. The Balaban J connectivity index is 1.69. The standard InChI is InChI=1S/C19H18BrFN4O2/c1-12(26)11-27-16-8-6-15(7-9-16)24-19-22-10-17(20)18(25-19)23-14-4-2-13(21)3-5-14/h2-10,12,26H,11H2,1H3,(H2,22,23,24,25). The van der Waals surface area contributed by atoms with Crippen LogP contribution >= 0.6 is 15.9 Å². The molecule has 140 valence electrons. The molecule has 3 aromatic rings. The molecule has 1 unspecified atom stereocenters. The summed E-state index contributed by atoms with van der Waals surface area (Å²) < 4.78 is 19.1. The lowest BCUT2D eigenvalue weighted by atomic mass is 10.3. The lowest BCUT2D eigenvalue weighted by molar-refractivity contribution is 0.123. The Hall–Kier alpha value is -2.71. The number of nitrogens with zero attached hydrogens (tertiary/aromatic N) is 2. The number of rotatable bonds is 7. The van der Waals surface area contributed by atoms with E-state index in [2.05, 4.69) is 36.5 Å². The predicted molar refractivity (Wildman–Crippen MR) is 106 cm³/mol. The number of halogens is 2. The fourth-order valence-corrected chi connectivity index (χ4v) is 2.46. The minimum absolute atomic E-state index is 0.237. The first-order chi connectivity index (χ1) is 13.0. The van der Waals surface area contributed by atoms with E-state index in [1.807, 2.05) is 12.1 Å². The molecule has 27 heavy (non-hydrogen) atoms. The average molecular weight is 433 g/mol. The van der Waals surface area contributed by atoms with Gasteiger partial charge in [-0.2, -0.15) is 4.98 Å². The summed E-state index contributed by atoms with van der Waals surface area (Å²) in [5, 5.41) is 15.5. The molecule has 0 radical (unpaired) electrons. The van der Waals surface area contributed by atoms with Gasteiger partial charge in [0.25, 0.3) is 0 Å². The molecule has 2 aromatic carbocycles. The zero-order chi connectivity index (χ0) is 19.2. The molecule has 0 bridgehead atoms. The number of nitrogens with one attached hydrogen (secondary N) is 2. The summed E-state index contributed by atoms with van der Waals surface area (Å²) in [7, 11) is 0. The molecular formula is C19H18BrFN4O2. The number of anilines is 4. The second-order valence-corrected chi connectivity index (χ2v) is 6.69. The second-order valence-electron chi connectivity index (χ2n) is 5.83. The van der Waals surface area contributed by atoms with Gasteiger partial charge in [0, 0.05) is 17.6 Å². The van der Waals surface area contributed by atoms with E-state index in [-0.39, 0.29) is 12.4 Å². The normalized spacial score (nSPS) is 11.7. The van der Waals surface area contributed by atoms with Crippen molar-refractivity contribution in [2.75, 3.05) is 17.2 Å². The highest BCUT2D eigenvalue weighted by atomic mass is 79.9. The van der Waals surface area contributed by atoms with E-state index in [9.17, 15) is 9.50 Å². The highest BCUT2D eigenvalue weighted by molar-refractivity contribution is 9.10. The van der Waals surface area contributed by atoms with Gasteiger partial charge in [-0.05, 0) is 71.4 Å². The van der Waals surface area contributed by atoms with Crippen LogP contribution in [0, 0.1) is 5.82 Å². The molecule has 1 atom stereocenters. The molecule has 3 rings (SSSR count). The molecule has 0 saturated heterocycles. The summed E-state index contributed by atoms with van der Waals surface area (Å²) in [6.45, 7) is 1.90. The van der Waals surface area contributed by atoms with Gasteiger partial charge in [0.1, 0.15) is 24.0 Å². The van der Waals surface area contributed by atoms with E-state index in [0.29, 0.717) is 27.7 Å². The first-order valence-corrected chi connectivity index (χ1v) is 9.02. The molecule has 0 aliphatic heterocycles. The van der Waals surface area contributed by atoms with Gasteiger partial charge in [0.15, 0.2) is 0 Å². The molecule has 0 spiro atoms. The van der Waals surface area contributed by atoms with Gasteiger partial charge < -0.3 is 20.5 Å². The number of aliphatic hydroxyl groups is 1. The molecular weight excluding hydrogens is 415 g/mol. The number of benzene rings is 2. The average Bonchev–Trinajstić information content (AvgIpc) is 2.65. The van der Waals surface area contributed by atoms with E-state index in [4.69, 9.17) is 4.74 Å². The smallest absolute Gasteiger partial charge is 0.229 e. The van der Waals surface area contributed by atoms with E-state index in [1.165, 1.54) is 12.1 Å². The van der Waals surface area contributed by atoms with Gasteiger partial charge in [0.2, 0.25) is 5.95 Å². The first kappa shape index (κ1) is 19.1. The van der Waals surface area contributed by atoms with E-state index in [0.717, 1.165) is 5.69 Å². The van der Waals surface area contributed by atoms with Gasteiger partial charge >= 0.3 is 0 Å². The minimum atomic E-state index is -0.522. The largest absolute Gasteiger partial charge is 0.491 e. The summed E-state index contributed by atoms with van der Waals surface area (Å²) in [6.07, 6.45) is 1.10. The van der Waals surface area contributed by atoms with Crippen LogP contribution in [0.15, 0.2) is 59.2 Å². The van der Waals surface area contributed by atoms with Crippen molar-refractivity contribution < 1.29 is 14.2 Å². The quantitative estimate of drug-likeness (QED) is 0.505. The molecule has 8 heteroatoms. The second kappa shape index (κ2) is 8.79. The van der Waals surface area contributed by atoms with Crippen molar-refractivity contribution in [1.29, 1.82) is 0 Å². The van der Waals surface area contributed by atoms with Gasteiger partial charge in [-0.1, -0.05) is 0 Å². The van der Waals surface area contributed by atoms with Crippen molar-refractivity contribution in [2.45, 2.75) is 13.0 Å². The zero-order valence-electron chi connectivity index (χ0n) is 14.5. The van der Waals surface area contributed by atoms with Gasteiger partial charge in [0.05, 0.1) is 10.6 Å². The van der Waals surface area contributed by atoms with Gasteiger partial charge in [-0.25, -0.2) is 9.37 Å². The maximum absolute atomic E-state index is 13.0. The Bertz CT molecular complexity index is 889. The van der Waals surface area contributed by atoms with Crippen LogP contribution in [0.4, 0.5) is 27.5 Å². The summed E-state index contributed by atoms with van der Waals surface area (Å²) in [6, 6.07) is 13.2. The van der Waals surface area contributed by atoms with Crippen LogP contribution in [0.1, 0.15) is 6.92 Å². The highest BCUT2D eigenvalue weighted by Crippen LogP contribution is 2.26. The number of ether oxygens (including phenoxy) is 1. The molecule has 0 amide bonds. The molecule has 0 aliphatic carbocycles. The lowest BCUT2D eigenvalue weighted by Crippen LogP contribution is -2.12. The molecule has 0 saturated carbocycles. The van der Waals surface area contributed by atoms with E-state index in [1.54, 1.807) is 37.4 Å². The maximum Gasteiger partial charge on any atom is 0.229 e. The lowest BCUT2D eigenvalue weighted by Gasteiger charge is -2.11. The fourth-order valence-electron chi connectivity index (χ4n) is 2.17. The van der Waals surface area contributed by atoms with E-state index >= 15 is 0 Å². The Kier molecular flexibility index (Phi) is 6.20. The monoisotopic (exact) mass is 432 g/mol. The third-order valence-corrected chi connectivity index (χ3v) is 4.03. The molecule has 3 N–H and O–H groups in total.